The minimum absolute atomic E-state index is 0.0400. The molecule has 96 valence electrons. The summed E-state index contributed by atoms with van der Waals surface area (Å²) in [5, 5.41) is 9.05. The Balaban J connectivity index is 2.06. The lowest BCUT2D eigenvalue weighted by atomic mass is 9.99. The summed E-state index contributed by atoms with van der Waals surface area (Å²) in [5.74, 6) is -1.58. The number of aliphatic carboxylic acids is 1. The Bertz CT molecular complexity index is 340. The highest BCUT2D eigenvalue weighted by molar-refractivity contribution is 5.86. The summed E-state index contributed by atoms with van der Waals surface area (Å²) in [6, 6.07) is -0.371. The van der Waals surface area contributed by atoms with Gasteiger partial charge in [0.25, 0.3) is 0 Å². The highest BCUT2D eigenvalue weighted by Crippen LogP contribution is 2.46. The molecule has 1 heterocycles. The maximum Gasteiger partial charge on any atom is 0.311 e. The van der Waals surface area contributed by atoms with E-state index in [4.69, 9.17) is 15.6 Å². The Morgan fingerprint density at radius 1 is 1.47 bits per heavy atom. The van der Waals surface area contributed by atoms with Crippen LogP contribution in [0.4, 0.5) is 0 Å². The third-order valence-corrected chi connectivity index (χ3v) is 3.88. The fourth-order valence-electron chi connectivity index (χ4n) is 2.34. The Labute approximate surface area is 99.7 Å². The van der Waals surface area contributed by atoms with Gasteiger partial charge in [0.1, 0.15) is 5.92 Å². The number of nitrogens with zero attached hydrogens (tertiary/aromatic N) is 1. The summed E-state index contributed by atoms with van der Waals surface area (Å²) in [6.45, 7) is 0.800. The molecule has 6 nitrogen and oxygen atoms in total. The van der Waals surface area contributed by atoms with Crippen molar-refractivity contribution >= 4 is 11.9 Å². The van der Waals surface area contributed by atoms with Crippen molar-refractivity contribution in [2.45, 2.75) is 18.9 Å². The van der Waals surface area contributed by atoms with Crippen molar-refractivity contribution in [1.82, 2.24) is 4.90 Å². The Hall–Kier alpha value is -1.14. The molecule has 2 fully saturated rings. The lowest BCUT2D eigenvalue weighted by Crippen LogP contribution is -2.48. The molecule has 1 amide bonds. The van der Waals surface area contributed by atoms with E-state index in [1.807, 2.05) is 0 Å². The largest absolute Gasteiger partial charge is 0.481 e. The number of nitrogens with two attached hydrogens (primary N) is 1. The highest BCUT2D eigenvalue weighted by Gasteiger charge is 2.52. The van der Waals surface area contributed by atoms with Crippen LogP contribution in [0.25, 0.3) is 0 Å². The first-order valence-electron chi connectivity index (χ1n) is 5.80. The molecular weight excluding hydrogens is 224 g/mol. The van der Waals surface area contributed by atoms with Crippen molar-refractivity contribution in [3.63, 3.8) is 0 Å². The average Bonchev–Trinajstić information content (AvgIpc) is 2.95. The van der Waals surface area contributed by atoms with Crippen molar-refractivity contribution < 1.29 is 19.4 Å². The van der Waals surface area contributed by atoms with Crippen molar-refractivity contribution in [3.8, 4) is 0 Å². The lowest BCUT2D eigenvalue weighted by molar-refractivity contribution is -0.145. The minimum Gasteiger partial charge on any atom is -0.481 e. The van der Waals surface area contributed by atoms with E-state index in [1.165, 1.54) is 4.90 Å². The van der Waals surface area contributed by atoms with Gasteiger partial charge in [0.05, 0.1) is 24.7 Å². The van der Waals surface area contributed by atoms with Crippen LogP contribution in [0.1, 0.15) is 12.8 Å². The number of carbonyl (C=O) groups is 2. The molecule has 0 aromatic rings. The van der Waals surface area contributed by atoms with Gasteiger partial charge in [0, 0.05) is 13.6 Å². The van der Waals surface area contributed by atoms with Crippen molar-refractivity contribution in [1.29, 1.82) is 0 Å². The van der Waals surface area contributed by atoms with Crippen LogP contribution in [0.3, 0.4) is 0 Å². The number of amides is 1. The molecule has 0 radical (unpaired) electrons. The normalized spacial score (nSPS) is 30.0. The van der Waals surface area contributed by atoms with Crippen LogP contribution in [-0.2, 0) is 14.3 Å². The Morgan fingerprint density at radius 3 is 2.59 bits per heavy atom. The number of carboxylic acids is 1. The van der Waals surface area contributed by atoms with Gasteiger partial charge in [0.2, 0.25) is 5.91 Å². The van der Waals surface area contributed by atoms with Crippen molar-refractivity contribution in [2.75, 3.05) is 26.8 Å². The van der Waals surface area contributed by atoms with Crippen molar-refractivity contribution in [3.05, 3.63) is 0 Å². The van der Waals surface area contributed by atoms with Crippen LogP contribution in [0.2, 0.25) is 0 Å². The summed E-state index contributed by atoms with van der Waals surface area (Å²) in [7, 11) is 1.65. The second-order valence-electron chi connectivity index (χ2n) is 4.95. The maximum absolute atomic E-state index is 12.2. The number of hydrogen-bond donors (Lipinski definition) is 2. The molecule has 0 spiro atoms. The summed E-state index contributed by atoms with van der Waals surface area (Å²) in [5.41, 5.74) is 5.18. The zero-order valence-electron chi connectivity index (χ0n) is 9.89. The van der Waals surface area contributed by atoms with Crippen molar-refractivity contribution in [2.24, 2.45) is 17.1 Å². The molecule has 6 heteroatoms. The van der Waals surface area contributed by atoms with Gasteiger partial charge in [0.15, 0.2) is 0 Å². The Morgan fingerprint density at radius 2 is 2.12 bits per heavy atom. The molecule has 0 bridgehead atoms. The molecule has 1 saturated heterocycles. The fraction of sp³-hybridized carbons (Fsp3) is 0.818. The van der Waals surface area contributed by atoms with E-state index >= 15 is 0 Å². The summed E-state index contributed by atoms with van der Waals surface area (Å²) in [4.78, 5) is 24.8. The van der Waals surface area contributed by atoms with Crippen LogP contribution in [0.15, 0.2) is 0 Å². The smallest absolute Gasteiger partial charge is 0.311 e. The van der Waals surface area contributed by atoms with Gasteiger partial charge in [-0.1, -0.05) is 0 Å². The first kappa shape index (κ1) is 12.3. The topological polar surface area (TPSA) is 92.9 Å². The third-order valence-electron chi connectivity index (χ3n) is 3.88. The predicted molar refractivity (Wildman–Crippen MR) is 59.2 cm³/mol. The second kappa shape index (κ2) is 4.27. The molecule has 3 N–H and O–H groups in total. The molecule has 2 unspecified atom stereocenters. The highest BCUT2D eigenvalue weighted by atomic mass is 16.5. The number of ether oxygens (including phenoxy) is 1. The van der Waals surface area contributed by atoms with Crippen LogP contribution in [0, 0.1) is 11.3 Å². The van der Waals surface area contributed by atoms with Crippen LogP contribution >= 0.6 is 0 Å². The van der Waals surface area contributed by atoms with E-state index in [2.05, 4.69) is 0 Å². The van der Waals surface area contributed by atoms with Gasteiger partial charge in [-0.25, -0.2) is 0 Å². The van der Waals surface area contributed by atoms with Crippen LogP contribution in [-0.4, -0.2) is 54.7 Å². The fourth-order valence-corrected chi connectivity index (χ4v) is 2.34. The number of hydrogen-bond acceptors (Lipinski definition) is 4. The van der Waals surface area contributed by atoms with E-state index in [1.54, 1.807) is 7.05 Å². The van der Waals surface area contributed by atoms with Gasteiger partial charge < -0.3 is 20.5 Å². The van der Waals surface area contributed by atoms with Gasteiger partial charge in [-0.2, -0.15) is 0 Å². The van der Waals surface area contributed by atoms with E-state index < -0.39 is 17.3 Å². The molecule has 17 heavy (non-hydrogen) atoms. The molecule has 2 atom stereocenters. The van der Waals surface area contributed by atoms with E-state index in [0.717, 1.165) is 12.8 Å². The molecule has 2 aliphatic rings. The van der Waals surface area contributed by atoms with Gasteiger partial charge in [-0.15, -0.1) is 0 Å². The van der Waals surface area contributed by atoms with Gasteiger partial charge >= 0.3 is 5.97 Å². The standard InChI is InChI=1S/C11H18N2O4/c1-13(10(16)11(6-12)2-3-11)8-5-17-4-7(8)9(14)15/h7-8H,2-6,12H2,1H3,(H,14,15). The molecule has 0 aromatic heterocycles. The molecular formula is C11H18N2O4. The SMILES string of the molecule is CN(C(=O)C1(CN)CC1)C1COCC1C(=O)O. The first-order chi connectivity index (χ1) is 8.02. The lowest BCUT2D eigenvalue weighted by Gasteiger charge is -2.29. The molecule has 0 aromatic carbocycles. The summed E-state index contributed by atoms with van der Waals surface area (Å²) >= 11 is 0. The second-order valence-corrected chi connectivity index (χ2v) is 4.95. The van der Waals surface area contributed by atoms with Crippen LogP contribution < -0.4 is 5.73 Å². The number of carbonyl (C=O) groups excluding carboxylic acids is 1. The number of rotatable bonds is 4. The zero-order valence-corrected chi connectivity index (χ0v) is 9.89. The molecule has 1 aliphatic carbocycles. The average molecular weight is 242 g/mol. The quantitative estimate of drug-likeness (QED) is 0.679. The number of likely N-dealkylation sites (N-methyl/N-ethyl adjacent to an activating group) is 1. The molecule has 1 aliphatic heterocycles. The molecule has 1 saturated carbocycles. The monoisotopic (exact) mass is 242 g/mol. The maximum atomic E-state index is 12.2. The minimum atomic E-state index is -0.912. The third kappa shape index (κ3) is 2.02. The van der Waals surface area contributed by atoms with Gasteiger partial charge in [-0.3, -0.25) is 9.59 Å². The number of carboxylic acid groups (broad SMARTS) is 1. The van der Waals surface area contributed by atoms with Crippen LogP contribution in [0.5, 0.6) is 0 Å². The first-order valence-corrected chi connectivity index (χ1v) is 5.80. The van der Waals surface area contributed by atoms with E-state index in [0.29, 0.717) is 13.2 Å². The van der Waals surface area contributed by atoms with E-state index in [9.17, 15) is 9.59 Å². The zero-order chi connectivity index (χ0) is 12.6. The predicted octanol–water partition coefficient (Wildman–Crippen LogP) is -0.717. The Kier molecular flexibility index (Phi) is 3.09. The molecule has 2 rings (SSSR count). The summed E-state index contributed by atoms with van der Waals surface area (Å²) in [6.07, 6.45) is 1.61. The van der Waals surface area contributed by atoms with E-state index in [-0.39, 0.29) is 18.6 Å². The summed E-state index contributed by atoms with van der Waals surface area (Å²) < 4.78 is 5.16. The van der Waals surface area contributed by atoms with Gasteiger partial charge in [-0.05, 0) is 12.8 Å².